The summed E-state index contributed by atoms with van der Waals surface area (Å²) < 4.78 is 30.5. The van der Waals surface area contributed by atoms with Gasteiger partial charge in [0.05, 0.1) is 21.7 Å². The monoisotopic (exact) mass is 496 g/mol. The fourth-order valence-corrected chi connectivity index (χ4v) is 7.48. The molecule has 0 aliphatic heterocycles. The molecule has 4 rings (SSSR count). The van der Waals surface area contributed by atoms with Gasteiger partial charge in [-0.25, -0.2) is 13.1 Å². The first kappa shape index (κ1) is 22.9. The van der Waals surface area contributed by atoms with Crippen molar-refractivity contribution in [2.45, 2.75) is 48.8 Å². The molecule has 1 N–H and O–H groups in total. The number of fused-ring (bicyclic) bond motifs is 1. The molecule has 0 amide bonds. The average Bonchev–Trinajstić information content (AvgIpc) is 3.08. The van der Waals surface area contributed by atoms with E-state index in [0.29, 0.717) is 33.6 Å². The van der Waals surface area contributed by atoms with Crippen LogP contribution in [0.15, 0.2) is 52.2 Å². The van der Waals surface area contributed by atoms with Crippen LogP contribution in [0.5, 0.6) is 0 Å². The van der Waals surface area contributed by atoms with E-state index in [-0.39, 0.29) is 9.77 Å². The Morgan fingerprint density at radius 2 is 1.90 bits per heavy atom. The second-order valence-electron chi connectivity index (χ2n) is 7.70. The highest BCUT2D eigenvalue weighted by Gasteiger charge is 2.18. The maximum atomic E-state index is 12.7. The molecule has 1 aliphatic rings. The third-order valence-corrected chi connectivity index (χ3v) is 9.69. The molecule has 1 fully saturated rings. The van der Waals surface area contributed by atoms with Crippen LogP contribution in [-0.4, -0.2) is 30.5 Å². The minimum atomic E-state index is -3.61. The van der Waals surface area contributed by atoms with Crippen LogP contribution in [0.4, 0.5) is 0 Å². The largest absolute Gasteiger partial charge is 0.308 e. The normalized spacial score (nSPS) is 15.5. The number of nitrogens with zero attached hydrogens (tertiary/aromatic N) is 1. The van der Waals surface area contributed by atoms with Gasteiger partial charge in [0.1, 0.15) is 0 Å². The Hall–Kier alpha value is -1.32. The maximum absolute atomic E-state index is 12.7. The number of benzene rings is 2. The van der Waals surface area contributed by atoms with E-state index in [1.54, 1.807) is 28.8 Å². The van der Waals surface area contributed by atoms with E-state index in [2.05, 4.69) is 4.72 Å². The number of sulfonamides is 1. The summed E-state index contributed by atoms with van der Waals surface area (Å²) in [5, 5.41) is 1.26. The summed E-state index contributed by atoms with van der Waals surface area (Å²) in [5.74, 6) is 0.772. The van der Waals surface area contributed by atoms with Crippen LogP contribution < -0.4 is 9.60 Å². The second-order valence-corrected chi connectivity index (χ2v) is 12.3. The third kappa shape index (κ3) is 5.54. The minimum absolute atomic E-state index is 0.138. The summed E-state index contributed by atoms with van der Waals surface area (Å²) in [6, 6.07) is 12.2. The first-order valence-electron chi connectivity index (χ1n) is 10.4. The van der Waals surface area contributed by atoms with Gasteiger partial charge in [-0.3, -0.25) is 9.36 Å². The highest BCUT2D eigenvalue weighted by Crippen LogP contribution is 2.28. The molecule has 1 saturated carbocycles. The molecule has 1 aromatic heterocycles. The predicted octanol–water partition coefficient (Wildman–Crippen LogP) is 5.11. The summed E-state index contributed by atoms with van der Waals surface area (Å²) in [7, 11) is -3.61. The van der Waals surface area contributed by atoms with Crippen LogP contribution in [0, 0.1) is 0 Å². The number of halogens is 1. The van der Waals surface area contributed by atoms with Gasteiger partial charge >= 0.3 is 4.87 Å². The molecule has 0 radical (unpaired) electrons. The van der Waals surface area contributed by atoms with Crippen molar-refractivity contribution in [3.05, 3.63) is 62.7 Å². The molecule has 0 spiro atoms. The molecule has 166 valence electrons. The van der Waals surface area contributed by atoms with E-state index >= 15 is 0 Å². The summed E-state index contributed by atoms with van der Waals surface area (Å²) >= 11 is 9.15. The molecular weight excluding hydrogens is 472 g/mol. The van der Waals surface area contributed by atoms with Crippen molar-refractivity contribution < 1.29 is 8.42 Å². The topological polar surface area (TPSA) is 68.2 Å². The van der Waals surface area contributed by atoms with Crippen LogP contribution in [-0.2, 0) is 16.6 Å². The SMILES string of the molecule is O=c1sc2cc(S(=O)(=O)NCCSC3CCCCC3)ccc2n1Cc1ccccc1Cl. The Kier molecular flexibility index (Phi) is 7.44. The first-order chi connectivity index (χ1) is 14.9. The molecule has 0 saturated heterocycles. The number of aromatic nitrogens is 1. The van der Waals surface area contributed by atoms with Crippen molar-refractivity contribution in [3.8, 4) is 0 Å². The fraction of sp³-hybridized carbons (Fsp3) is 0.409. The fourth-order valence-electron chi connectivity index (χ4n) is 3.88. The van der Waals surface area contributed by atoms with Crippen LogP contribution >= 0.6 is 34.7 Å². The van der Waals surface area contributed by atoms with Crippen LogP contribution in [0.2, 0.25) is 5.02 Å². The quantitative estimate of drug-likeness (QED) is 0.440. The van der Waals surface area contributed by atoms with Crippen molar-refractivity contribution in [3.63, 3.8) is 0 Å². The smallest absolute Gasteiger partial charge is 0.294 e. The lowest BCUT2D eigenvalue weighted by atomic mass is 10.0. The summed E-state index contributed by atoms with van der Waals surface area (Å²) in [5.41, 5.74) is 1.56. The number of hydrogen-bond donors (Lipinski definition) is 1. The van der Waals surface area contributed by atoms with E-state index in [9.17, 15) is 13.2 Å². The molecule has 1 heterocycles. The molecule has 2 aromatic carbocycles. The van der Waals surface area contributed by atoms with Gasteiger partial charge in [0.2, 0.25) is 10.0 Å². The molecule has 0 bridgehead atoms. The number of thioether (sulfide) groups is 1. The lowest BCUT2D eigenvalue weighted by Gasteiger charge is -2.20. The third-order valence-electron chi connectivity index (χ3n) is 5.54. The van der Waals surface area contributed by atoms with Crippen LogP contribution in [0.3, 0.4) is 0 Å². The zero-order valence-electron chi connectivity index (χ0n) is 17.1. The molecule has 9 heteroatoms. The average molecular weight is 497 g/mol. The van der Waals surface area contributed by atoms with E-state index in [4.69, 9.17) is 11.6 Å². The van der Waals surface area contributed by atoms with Gasteiger partial charge in [-0.1, -0.05) is 60.4 Å². The number of thiazole rings is 1. The Morgan fingerprint density at radius 3 is 2.68 bits per heavy atom. The minimum Gasteiger partial charge on any atom is -0.294 e. The summed E-state index contributed by atoms with van der Waals surface area (Å²) in [6.45, 7) is 0.756. The zero-order valence-corrected chi connectivity index (χ0v) is 20.3. The highest BCUT2D eigenvalue weighted by molar-refractivity contribution is 8.00. The van der Waals surface area contributed by atoms with Crippen molar-refractivity contribution in [1.29, 1.82) is 0 Å². The Bertz CT molecular complexity index is 1210. The molecule has 31 heavy (non-hydrogen) atoms. The summed E-state index contributed by atoms with van der Waals surface area (Å²) in [6.07, 6.45) is 6.35. The van der Waals surface area contributed by atoms with Gasteiger partial charge in [0.15, 0.2) is 0 Å². The molecule has 1 aliphatic carbocycles. The Balaban J connectivity index is 1.46. The van der Waals surface area contributed by atoms with Crippen molar-refractivity contribution in [2.75, 3.05) is 12.3 Å². The number of hydrogen-bond acceptors (Lipinski definition) is 5. The Morgan fingerprint density at radius 1 is 1.13 bits per heavy atom. The zero-order chi connectivity index (χ0) is 21.8. The molecule has 5 nitrogen and oxygen atoms in total. The molecule has 0 atom stereocenters. The van der Waals surface area contributed by atoms with Gasteiger partial charge in [0.25, 0.3) is 0 Å². The van der Waals surface area contributed by atoms with E-state index in [1.807, 2.05) is 30.0 Å². The molecular formula is C22H25ClN2O3S3. The standard InChI is InChI=1S/C22H25ClN2O3S3/c23-19-9-5-4-6-16(19)15-25-20-11-10-18(14-21(20)30-22(25)26)31(27,28)24-12-13-29-17-7-2-1-3-8-17/h4-6,9-11,14,17,24H,1-3,7-8,12-13,15H2. The van der Waals surface area contributed by atoms with E-state index < -0.39 is 10.0 Å². The van der Waals surface area contributed by atoms with Gasteiger partial charge < -0.3 is 0 Å². The molecule has 3 aromatic rings. The number of nitrogens with one attached hydrogen (secondary N) is 1. The van der Waals surface area contributed by atoms with Gasteiger partial charge in [-0.2, -0.15) is 11.8 Å². The predicted molar refractivity (Wildman–Crippen MR) is 131 cm³/mol. The van der Waals surface area contributed by atoms with Gasteiger partial charge in [-0.05, 0) is 42.7 Å². The van der Waals surface area contributed by atoms with Crippen molar-refractivity contribution in [2.24, 2.45) is 0 Å². The van der Waals surface area contributed by atoms with Crippen molar-refractivity contribution >= 4 is 54.9 Å². The lowest BCUT2D eigenvalue weighted by Crippen LogP contribution is -2.26. The van der Waals surface area contributed by atoms with Crippen LogP contribution in [0.1, 0.15) is 37.7 Å². The van der Waals surface area contributed by atoms with E-state index in [1.165, 1.54) is 32.1 Å². The number of rotatable bonds is 8. The van der Waals surface area contributed by atoms with Crippen molar-refractivity contribution in [1.82, 2.24) is 9.29 Å². The molecule has 0 unspecified atom stereocenters. The summed E-state index contributed by atoms with van der Waals surface area (Å²) in [4.78, 5) is 12.6. The second kappa shape index (κ2) is 10.1. The van der Waals surface area contributed by atoms with E-state index in [0.717, 1.165) is 22.7 Å². The van der Waals surface area contributed by atoms with Crippen LogP contribution in [0.25, 0.3) is 10.2 Å². The maximum Gasteiger partial charge on any atom is 0.308 e. The Labute approximate surface area is 195 Å². The first-order valence-corrected chi connectivity index (χ1v) is 14.1. The lowest BCUT2D eigenvalue weighted by molar-refractivity contribution is 0.516. The van der Waals surface area contributed by atoms with Gasteiger partial charge in [0, 0.05) is 22.6 Å². The van der Waals surface area contributed by atoms with Gasteiger partial charge in [-0.15, -0.1) is 0 Å². The highest BCUT2D eigenvalue weighted by atomic mass is 35.5.